The Morgan fingerprint density at radius 2 is 1.81 bits per heavy atom. The first-order valence-corrected chi connectivity index (χ1v) is 8.17. The van der Waals surface area contributed by atoms with E-state index in [1.54, 1.807) is 0 Å². The quantitative estimate of drug-likeness (QED) is 0.740. The molecule has 0 spiro atoms. The largest absolute Gasteiger partial charge is 0.388 e. The van der Waals surface area contributed by atoms with Crippen LogP contribution in [0.1, 0.15) is 43.6 Å². The molecule has 0 aliphatic carbocycles. The molecule has 1 unspecified atom stereocenters. The summed E-state index contributed by atoms with van der Waals surface area (Å²) in [5.74, 6) is 0. The molecule has 2 aromatic rings. The summed E-state index contributed by atoms with van der Waals surface area (Å²) in [7, 11) is 0. The Balaban J connectivity index is 2.31. The Bertz CT molecular complexity index is 631. The first-order chi connectivity index (χ1) is 9.79. The van der Waals surface area contributed by atoms with E-state index in [4.69, 9.17) is 11.6 Å². The van der Waals surface area contributed by atoms with Crippen LogP contribution in [0.2, 0.25) is 5.02 Å². The van der Waals surface area contributed by atoms with E-state index in [0.717, 1.165) is 15.6 Å². The standard InChI is InChI=1S/C18H20BrClO/c1-18(2,3)15-7-5-4-6-14(15)17(21)10-12-8-9-13(19)11-16(12)20/h4-9,11,17,21H,10H2,1-3H3. The molecule has 0 saturated carbocycles. The number of hydrogen-bond acceptors (Lipinski definition) is 1. The molecule has 0 saturated heterocycles. The third kappa shape index (κ3) is 4.09. The van der Waals surface area contributed by atoms with Crippen molar-refractivity contribution in [3.63, 3.8) is 0 Å². The van der Waals surface area contributed by atoms with Gasteiger partial charge in [0.1, 0.15) is 0 Å². The number of aliphatic hydroxyl groups is 1. The summed E-state index contributed by atoms with van der Waals surface area (Å²) >= 11 is 9.65. The van der Waals surface area contributed by atoms with Gasteiger partial charge >= 0.3 is 0 Å². The maximum Gasteiger partial charge on any atom is 0.0833 e. The molecule has 1 nitrogen and oxygen atoms in total. The minimum atomic E-state index is -0.556. The number of hydrogen-bond donors (Lipinski definition) is 1. The van der Waals surface area contributed by atoms with Crippen LogP contribution in [0.3, 0.4) is 0 Å². The van der Waals surface area contributed by atoms with Gasteiger partial charge in [-0.25, -0.2) is 0 Å². The van der Waals surface area contributed by atoms with Crippen LogP contribution in [-0.2, 0) is 11.8 Å². The lowest BCUT2D eigenvalue weighted by Gasteiger charge is -2.25. The lowest BCUT2D eigenvalue weighted by atomic mass is 9.81. The fourth-order valence-corrected chi connectivity index (χ4v) is 3.23. The maximum atomic E-state index is 10.6. The molecule has 0 aliphatic heterocycles. The van der Waals surface area contributed by atoms with Crippen molar-refractivity contribution in [2.75, 3.05) is 0 Å². The highest BCUT2D eigenvalue weighted by Gasteiger charge is 2.21. The third-order valence-electron chi connectivity index (χ3n) is 3.56. The summed E-state index contributed by atoms with van der Waals surface area (Å²) in [5, 5.41) is 11.3. The Hall–Kier alpha value is -0.830. The van der Waals surface area contributed by atoms with Gasteiger partial charge in [0, 0.05) is 15.9 Å². The highest BCUT2D eigenvalue weighted by Crippen LogP contribution is 2.32. The number of halogens is 2. The lowest BCUT2D eigenvalue weighted by Crippen LogP contribution is -2.17. The Kier molecular flexibility index (Phi) is 5.13. The van der Waals surface area contributed by atoms with E-state index in [1.165, 1.54) is 5.56 Å². The van der Waals surface area contributed by atoms with E-state index >= 15 is 0 Å². The lowest BCUT2D eigenvalue weighted by molar-refractivity contribution is 0.176. The second-order valence-electron chi connectivity index (χ2n) is 6.29. The number of rotatable bonds is 3. The molecule has 0 fully saturated rings. The van der Waals surface area contributed by atoms with E-state index in [0.29, 0.717) is 11.4 Å². The van der Waals surface area contributed by atoms with Crippen molar-refractivity contribution in [1.82, 2.24) is 0 Å². The molecular formula is C18H20BrClO. The van der Waals surface area contributed by atoms with Crippen molar-refractivity contribution >= 4 is 27.5 Å². The average Bonchev–Trinajstić information content (AvgIpc) is 2.41. The highest BCUT2D eigenvalue weighted by atomic mass is 79.9. The number of benzene rings is 2. The predicted molar refractivity (Wildman–Crippen MR) is 93.0 cm³/mol. The van der Waals surface area contributed by atoms with Crippen LogP contribution in [0.25, 0.3) is 0 Å². The zero-order valence-corrected chi connectivity index (χ0v) is 14.9. The van der Waals surface area contributed by atoms with Gasteiger partial charge < -0.3 is 5.11 Å². The van der Waals surface area contributed by atoms with Gasteiger partial charge in [-0.1, -0.05) is 78.6 Å². The van der Waals surface area contributed by atoms with Gasteiger partial charge in [-0.05, 0) is 34.2 Å². The number of aliphatic hydroxyl groups excluding tert-OH is 1. The molecule has 3 heteroatoms. The monoisotopic (exact) mass is 366 g/mol. The first kappa shape index (κ1) is 16.5. The van der Waals surface area contributed by atoms with Crippen LogP contribution in [0.15, 0.2) is 46.9 Å². The Morgan fingerprint density at radius 1 is 1.14 bits per heavy atom. The first-order valence-electron chi connectivity index (χ1n) is 7.00. The average molecular weight is 368 g/mol. The summed E-state index contributed by atoms with van der Waals surface area (Å²) in [6.07, 6.45) is -0.0433. The van der Waals surface area contributed by atoms with Crippen LogP contribution < -0.4 is 0 Å². The minimum Gasteiger partial charge on any atom is -0.388 e. The molecule has 0 bridgehead atoms. The summed E-state index contributed by atoms with van der Waals surface area (Å²) in [5.41, 5.74) is 3.10. The zero-order chi connectivity index (χ0) is 15.6. The van der Waals surface area contributed by atoms with Crippen LogP contribution in [-0.4, -0.2) is 5.11 Å². The summed E-state index contributed by atoms with van der Waals surface area (Å²) in [6.45, 7) is 6.47. The van der Waals surface area contributed by atoms with Crippen LogP contribution in [0.4, 0.5) is 0 Å². The second kappa shape index (κ2) is 6.51. The van der Waals surface area contributed by atoms with E-state index in [-0.39, 0.29) is 5.41 Å². The molecule has 0 radical (unpaired) electrons. The van der Waals surface area contributed by atoms with E-state index in [9.17, 15) is 5.11 Å². The molecule has 21 heavy (non-hydrogen) atoms. The van der Waals surface area contributed by atoms with Crippen molar-refractivity contribution in [2.24, 2.45) is 0 Å². The smallest absolute Gasteiger partial charge is 0.0833 e. The maximum absolute atomic E-state index is 10.6. The Labute approximate surface area is 140 Å². The van der Waals surface area contributed by atoms with Gasteiger partial charge in [0.2, 0.25) is 0 Å². The van der Waals surface area contributed by atoms with E-state index in [2.05, 4.69) is 42.8 Å². The molecule has 0 aliphatic rings. The molecule has 0 heterocycles. The second-order valence-corrected chi connectivity index (χ2v) is 7.62. The van der Waals surface area contributed by atoms with Gasteiger partial charge in [0.25, 0.3) is 0 Å². The van der Waals surface area contributed by atoms with E-state index < -0.39 is 6.10 Å². The van der Waals surface area contributed by atoms with Gasteiger partial charge in [0.15, 0.2) is 0 Å². The summed E-state index contributed by atoms with van der Waals surface area (Å²) in [6, 6.07) is 13.8. The van der Waals surface area contributed by atoms with Gasteiger partial charge in [-0.2, -0.15) is 0 Å². The van der Waals surface area contributed by atoms with Gasteiger partial charge in [-0.3, -0.25) is 0 Å². The molecule has 2 aromatic carbocycles. The molecule has 1 atom stereocenters. The van der Waals surface area contributed by atoms with Crippen LogP contribution in [0.5, 0.6) is 0 Å². The third-order valence-corrected chi connectivity index (χ3v) is 4.40. The molecule has 112 valence electrons. The predicted octanol–water partition coefficient (Wildman–Crippen LogP) is 5.68. The van der Waals surface area contributed by atoms with Crippen molar-refractivity contribution < 1.29 is 5.11 Å². The van der Waals surface area contributed by atoms with E-state index in [1.807, 2.05) is 36.4 Å². The zero-order valence-electron chi connectivity index (χ0n) is 12.5. The summed E-state index contributed by atoms with van der Waals surface area (Å²) < 4.78 is 0.945. The molecule has 0 aromatic heterocycles. The van der Waals surface area contributed by atoms with Crippen molar-refractivity contribution in [3.05, 3.63) is 68.7 Å². The van der Waals surface area contributed by atoms with Crippen molar-refractivity contribution in [1.29, 1.82) is 0 Å². The van der Waals surface area contributed by atoms with Crippen LogP contribution >= 0.6 is 27.5 Å². The molecular weight excluding hydrogens is 348 g/mol. The fourth-order valence-electron chi connectivity index (χ4n) is 2.48. The van der Waals surface area contributed by atoms with Crippen LogP contribution in [0, 0.1) is 0 Å². The normalized spacial score (nSPS) is 13.2. The molecule has 1 N–H and O–H groups in total. The summed E-state index contributed by atoms with van der Waals surface area (Å²) in [4.78, 5) is 0. The Morgan fingerprint density at radius 3 is 2.43 bits per heavy atom. The van der Waals surface area contributed by atoms with Crippen molar-refractivity contribution in [2.45, 2.75) is 38.7 Å². The minimum absolute atomic E-state index is 0.00108. The molecule has 0 amide bonds. The molecule has 2 rings (SSSR count). The van der Waals surface area contributed by atoms with Gasteiger partial charge in [0.05, 0.1) is 6.10 Å². The topological polar surface area (TPSA) is 20.2 Å². The van der Waals surface area contributed by atoms with Crippen molar-refractivity contribution in [3.8, 4) is 0 Å². The highest BCUT2D eigenvalue weighted by molar-refractivity contribution is 9.10. The fraction of sp³-hybridized carbons (Fsp3) is 0.333. The van der Waals surface area contributed by atoms with Gasteiger partial charge in [-0.15, -0.1) is 0 Å². The SMILES string of the molecule is CC(C)(C)c1ccccc1C(O)Cc1ccc(Br)cc1Cl.